The van der Waals surface area contributed by atoms with Crippen molar-refractivity contribution in [3.63, 3.8) is 0 Å². The number of rotatable bonds is 5. The Morgan fingerprint density at radius 2 is 2.02 bits per heavy atom. The molecule has 4 fully saturated rings. The molecule has 4 aliphatic rings. The quantitative estimate of drug-likeness (QED) is 0.272. The number of aryl methyl sites for hydroxylation is 1. The predicted octanol–water partition coefficient (Wildman–Crippen LogP) is 7.13. The van der Waals surface area contributed by atoms with Gasteiger partial charge in [0.15, 0.2) is 5.82 Å². The molecular formula is C31H35BrFN5O3S. The summed E-state index contributed by atoms with van der Waals surface area (Å²) in [6.07, 6.45) is 4.91. The summed E-state index contributed by atoms with van der Waals surface area (Å²) in [6, 6.07) is 6.06. The number of amides is 2. The molecule has 4 atom stereocenters. The number of aromatic nitrogens is 2. The van der Waals surface area contributed by atoms with Crippen molar-refractivity contribution < 1.29 is 18.7 Å². The lowest BCUT2D eigenvalue weighted by molar-refractivity contribution is -0.129. The molecule has 222 valence electrons. The molecule has 42 heavy (non-hydrogen) atoms. The molecule has 2 amide bonds. The van der Waals surface area contributed by atoms with Crippen molar-refractivity contribution in [2.45, 2.75) is 88.6 Å². The number of thioether (sulfide) groups is 1. The molecule has 8 nitrogen and oxygen atoms in total. The molecule has 1 aromatic carbocycles. The number of fused-ring (bicyclic) bond motifs is 4. The van der Waals surface area contributed by atoms with E-state index in [9.17, 15) is 14.9 Å². The van der Waals surface area contributed by atoms with Crippen LogP contribution in [0.4, 0.5) is 9.18 Å². The molecular weight excluding hydrogens is 621 g/mol. The van der Waals surface area contributed by atoms with Crippen molar-refractivity contribution in [1.29, 1.82) is 5.26 Å². The summed E-state index contributed by atoms with van der Waals surface area (Å²) in [7, 11) is 0. The van der Waals surface area contributed by atoms with Crippen molar-refractivity contribution in [2.75, 3.05) is 19.3 Å². The Hall–Kier alpha value is -2.84. The average molecular weight is 657 g/mol. The molecule has 2 aromatic heterocycles. The van der Waals surface area contributed by atoms with E-state index in [4.69, 9.17) is 9.72 Å². The summed E-state index contributed by atoms with van der Waals surface area (Å²) in [5, 5.41) is 11.6. The molecule has 0 unspecified atom stereocenters. The minimum atomic E-state index is -0.601. The van der Waals surface area contributed by atoms with Crippen molar-refractivity contribution in [2.24, 2.45) is 5.92 Å². The van der Waals surface area contributed by atoms with Crippen LogP contribution in [-0.2, 0) is 16.0 Å². The highest BCUT2D eigenvalue weighted by atomic mass is 79.9. The zero-order valence-electron chi connectivity index (χ0n) is 24.5. The number of likely N-dealkylation sites (tertiary alicyclic amines) is 1. The van der Waals surface area contributed by atoms with Gasteiger partial charge in [-0.2, -0.15) is 5.26 Å². The number of hydrogen-bond acceptors (Lipinski definition) is 6. The van der Waals surface area contributed by atoms with Crippen LogP contribution in [0, 0.1) is 23.1 Å². The number of ether oxygens (including phenoxy) is 1. The number of benzene rings is 1. The van der Waals surface area contributed by atoms with Crippen LogP contribution >= 0.6 is 27.7 Å². The van der Waals surface area contributed by atoms with E-state index in [0.29, 0.717) is 34.9 Å². The SMILES string of the molecule is CSc1nc2c(F)c(Br)c(CCC#N)cc2c2c1cc([C@H]1CCCN1C(C)=O)n2[C@H]1[C@@H]2C[C@H]1N(C(=O)OC(C)(C)C)C2. The molecule has 1 saturated carbocycles. The summed E-state index contributed by atoms with van der Waals surface area (Å²) in [6.45, 7) is 8.51. The van der Waals surface area contributed by atoms with Crippen molar-refractivity contribution in [1.82, 2.24) is 19.4 Å². The fourth-order valence-corrected chi connectivity index (χ4v) is 8.22. The highest BCUT2D eigenvalue weighted by molar-refractivity contribution is 9.10. The Morgan fingerprint density at radius 1 is 1.26 bits per heavy atom. The van der Waals surface area contributed by atoms with Crippen molar-refractivity contribution in [3.8, 4) is 6.07 Å². The summed E-state index contributed by atoms with van der Waals surface area (Å²) >= 11 is 4.90. The Bertz CT molecular complexity index is 1660. The highest BCUT2D eigenvalue weighted by Crippen LogP contribution is 2.54. The third kappa shape index (κ3) is 4.66. The Labute approximate surface area is 257 Å². The smallest absolute Gasteiger partial charge is 0.410 e. The molecule has 0 radical (unpaired) electrons. The van der Waals surface area contributed by atoms with Crippen LogP contribution in [0.15, 0.2) is 21.6 Å². The maximum atomic E-state index is 16.0. The van der Waals surface area contributed by atoms with E-state index in [0.717, 1.165) is 40.9 Å². The van der Waals surface area contributed by atoms with Gasteiger partial charge in [-0.1, -0.05) is 0 Å². The lowest BCUT2D eigenvalue weighted by atomic mass is 9.79. The maximum Gasteiger partial charge on any atom is 0.410 e. The first-order valence-corrected chi connectivity index (χ1v) is 16.5. The van der Waals surface area contributed by atoms with Crippen LogP contribution < -0.4 is 0 Å². The van der Waals surface area contributed by atoms with Crippen LogP contribution in [0.2, 0.25) is 0 Å². The van der Waals surface area contributed by atoms with Gasteiger partial charge >= 0.3 is 6.09 Å². The molecule has 7 rings (SSSR count). The standard InChI is InChI=1S/C31H35BrFN5O3S/c1-16(39)36-11-7-9-21(36)22-14-20-28(38(22)27-18-13-23(27)37(15-18)30(40)41-31(2,3)4)19-12-17(8-6-10-34)24(32)25(33)26(19)35-29(20)42-5/h12,14,18,21,23,27H,6-9,11,13,15H2,1-5H3/t18-,21-,23-,27+/m1/s1. The van der Waals surface area contributed by atoms with Gasteiger partial charge in [-0.05, 0) is 86.3 Å². The molecule has 3 saturated heterocycles. The summed E-state index contributed by atoms with van der Waals surface area (Å²) in [5.41, 5.74) is 2.28. The second-order valence-electron chi connectivity index (χ2n) is 12.6. The number of pyridine rings is 1. The molecule has 2 bridgehead atoms. The molecule has 5 heterocycles. The van der Waals surface area contributed by atoms with Crippen LogP contribution in [0.5, 0.6) is 0 Å². The van der Waals surface area contributed by atoms with Gasteiger partial charge in [0, 0.05) is 48.8 Å². The Kier molecular flexibility index (Phi) is 7.45. The first-order chi connectivity index (χ1) is 19.9. The van der Waals surface area contributed by atoms with Crippen molar-refractivity contribution in [3.05, 3.63) is 33.7 Å². The molecule has 3 aromatic rings. The van der Waals surface area contributed by atoms with Crippen LogP contribution in [-0.4, -0.2) is 62.3 Å². The number of carbonyl (C=O) groups excluding carboxylic acids is 2. The third-order valence-electron chi connectivity index (χ3n) is 8.90. The first kappa shape index (κ1) is 29.2. The van der Waals surface area contributed by atoms with E-state index in [1.807, 2.05) is 42.9 Å². The van der Waals surface area contributed by atoms with E-state index < -0.39 is 11.4 Å². The van der Waals surface area contributed by atoms with Gasteiger partial charge in [0.25, 0.3) is 0 Å². The van der Waals surface area contributed by atoms with Gasteiger partial charge in [-0.15, -0.1) is 11.8 Å². The van der Waals surface area contributed by atoms with Crippen LogP contribution in [0.25, 0.3) is 21.8 Å². The van der Waals surface area contributed by atoms with Gasteiger partial charge < -0.3 is 19.1 Å². The zero-order valence-corrected chi connectivity index (χ0v) is 26.9. The molecule has 11 heteroatoms. The van der Waals surface area contributed by atoms with Gasteiger partial charge in [-0.25, -0.2) is 14.2 Å². The molecule has 0 spiro atoms. The van der Waals surface area contributed by atoms with Crippen LogP contribution in [0.1, 0.15) is 76.7 Å². The first-order valence-electron chi connectivity index (χ1n) is 14.5. The lowest BCUT2D eigenvalue weighted by Crippen LogP contribution is -2.45. The van der Waals surface area contributed by atoms with Crippen molar-refractivity contribution >= 4 is 61.5 Å². The van der Waals surface area contributed by atoms with E-state index in [-0.39, 0.29) is 48.0 Å². The Balaban J connectivity index is 1.61. The number of nitrogens with zero attached hydrogens (tertiary/aromatic N) is 5. The van der Waals surface area contributed by atoms with Gasteiger partial charge in [-0.3, -0.25) is 4.79 Å². The number of carbonyl (C=O) groups is 2. The number of halogens is 2. The fraction of sp³-hybridized carbons (Fsp3) is 0.548. The van der Waals surface area contributed by atoms with Gasteiger partial charge in [0.05, 0.1) is 34.2 Å². The number of nitriles is 1. The maximum absolute atomic E-state index is 16.0. The molecule has 0 N–H and O–H groups in total. The molecule has 3 aliphatic heterocycles. The minimum Gasteiger partial charge on any atom is -0.444 e. The largest absolute Gasteiger partial charge is 0.444 e. The normalized spacial score (nSPS) is 23.5. The second-order valence-corrected chi connectivity index (χ2v) is 14.2. The number of hydrogen-bond donors (Lipinski definition) is 0. The van der Waals surface area contributed by atoms with Crippen LogP contribution in [0.3, 0.4) is 0 Å². The van der Waals surface area contributed by atoms with E-state index in [1.165, 1.54) is 11.8 Å². The van der Waals surface area contributed by atoms with E-state index >= 15 is 4.39 Å². The van der Waals surface area contributed by atoms with E-state index in [1.54, 1.807) is 6.92 Å². The minimum absolute atomic E-state index is 0.0307. The topological polar surface area (TPSA) is 91.5 Å². The fourth-order valence-electron chi connectivity index (χ4n) is 7.16. The summed E-state index contributed by atoms with van der Waals surface area (Å²) in [4.78, 5) is 34.6. The van der Waals surface area contributed by atoms with Gasteiger partial charge in [0.2, 0.25) is 5.91 Å². The predicted molar refractivity (Wildman–Crippen MR) is 164 cm³/mol. The third-order valence-corrected chi connectivity index (χ3v) is 10.5. The monoisotopic (exact) mass is 655 g/mol. The average Bonchev–Trinajstić information content (AvgIpc) is 3.70. The van der Waals surface area contributed by atoms with E-state index in [2.05, 4.69) is 32.6 Å². The summed E-state index contributed by atoms with van der Waals surface area (Å²) < 4.78 is 24.4. The molecule has 1 aliphatic carbocycles. The van der Waals surface area contributed by atoms with Gasteiger partial charge in [0.1, 0.15) is 16.1 Å². The highest BCUT2D eigenvalue weighted by Gasteiger charge is 2.56. The zero-order chi connectivity index (χ0) is 30.1. The lowest BCUT2D eigenvalue weighted by Gasteiger charge is -2.40. The second kappa shape index (κ2) is 10.7. The summed E-state index contributed by atoms with van der Waals surface area (Å²) in [5.74, 6) is -0.198. The Morgan fingerprint density at radius 3 is 2.69 bits per heavy atom.